The fraction of sp³-hybridized carbons (Fsp3) is 0.833. The molecule has 0 spiro atoms. The minimum atomic E-state index is 0.00562. The Morgan fingerprint density at radius 1 is 0.727 bits per heavy atom. The Labute approximate surface area is 207 Å². The Morgan fingerprint density at radius 3 is 1.91 bits per heavy atom. The zero-order chi connectivity index (χ0) is 24.4. The number of unbranched alkanes of at least 4 members (excludes halogenated alkanes) is 11. The van der Waals surface area contributed by atoms with Gasteiger partial charge in [0.25, 0.3) is 0 Å². The molecule has 0 amide bonds. The van der Waals surface area contributed by atoms with Crippen molar-refractivity contribution in [3.05, 3.63) is 24.3 Å². The van der Waals surface area contributed by atoms with Gasteiger partial charge in [0.2, 0.25) is 0 Å². The third-order valence-electron chi connectivity index (χ3n) is 6.15. The number of carbonyl (C=O) groups is 1. The Hall–Kier alpha value is -1.09. The summed E-state index contributed by atoms with van der Waals surface area (Å²) in [6, 6.07) is 0. The van der Waals surface area contributed by atoms with E-state index >= 15 is 0 Å². The van der Waals surface area contributed by atoms with Gasteiger partial charge in [0.05, 0.1) is 0 Å². The van der Waals surface area contributed by atoms with Crippen molar-refractivity contribution in [3.8, 4) is 0 Å². The van der Waals surface area contributed by atoms with Gasteiger partial charge in [0.15, 0.2) is 0 Å². The molecule has 194 valence electrons. The Kier molecular flexibility index (Phi) is 24.7. The molecule has 0 fully saturated rings. The third-order valence-corrected chi connectivity index (χ3v) is 6.15. The number of hydrogen-bond donors (Lipinski definition) is 0. The number of carbonyl (C=O) groups excluding carboxylic acids is 1. The molecule has 0 radical (unpaired) electrons. The van der Waals surface area contributed by atoms with E-state index in [4.69, 9.17) is 4.74 Å². The van der Waals surface area contributed by atoms with Crippen molar-refractivity contribution in [3.63, 3.8) is 0 Å². The predicted molar refractivity (Wildman–Crippen MR) is 146 cm³/mol. The summed E-state index contributed by atoms with van der Waals surface area (Å²) < 4.78 is 5.90. The maximum Gasteiger partial charge on any atom is 0.306 e. The van der Waals surface area contributed by atoms with Crippen molar-refractivity contribution >= 4 is 5.97 Å². The van der Waals surface area contributed by atoms with E-state index in [2.05, 4.69) is 57.1 Å². The van der Waals surface area contributed by atoms with Crippen LogP contribution < -0.4 is 0 Å². The molecule has 0 saturated carbocycles. The predicted octanol–water partition coefficient (Wildman–Crippen LogP) is 9.02. The maximum atomic E-state index is 12.3. The van der Waals surface area contributed by atoms with Crippen LogP contribution in [0.15, 0.2) is 24.3 Å². The van der Waals surface area contributed by atoms with E-state index in [1.54, 1.807) is 0 Å². The van der Waals surface area contributed by atoms with E-state index < -0.39 is 0 Å². The molecule has 0 aromatic heterocycles. The standard InChI is InChI=1S/C30H57NO2/c1-5-7-9-11-13-14-15-16-17-18-19-21-23-26-29(25-22-20-12-10-8-6-2)33-30(32)27-24-28-31(3)4/h7,9,13-14,29H,5-6,8,10-12,15-28H2,1-4H3/b9-7-,14-13-. The van der Waals surface area contributed by atoms with E-state index in [-0.39, 0.29) is 12.1 Å². The van der Waals surface area contributed by atoms with Crippen molar-refractivity contribution < 1.29 is 9.53 Å². The van der Waals surface area contributed by atoms with Gasteiger partial charge in [-0.15, -0.1) is 0 Å². The molecule has 0 aliphatic rings. The molecule has 0 aromatic carbocycles. The maximum absolute atomic E-state index is 12.3. The number of hydrogen-bond acceptors (Lipinski definition) is 3. The lowest BCUT2D eigenvalue weighted by atomic mass is 10.0. The van der Waals surface area contributed by atoms with E-state index in [1.165, 1.54) is 83.5 Å². The van der Waals surface area contributed by atoms with Gasteiger partial charge in [0, 0.05) is 6.42 Å². The van der Waals surface area contributed by atoms with Gasteiger partial charge >= 0.3 is 5.97 Å². The summed E-state index contributed by atoms with van der Waals surface area (Å²) >= 11 is 0. The summed E-state index contributed by atoms with van der Waals surface area (Å²) in [7, 11) is 4.10. The quantitative estimate of drug-likeness (QED) is 0.0812. The molecule has 3 heteroatoms. The van der Waals surface area contributed by atoms with Crippen molar-refractivity contribution in [2.45, 2.75) is 142 Å². The monoisotopic (exact) mass is 463 g/mol. The number of nitrogens with zero attached hydrogens (tertiary/aromatic N) is 1. The van der Waals surface area contributed by atoms with E-state index in [9.17, 15) is 4.79 Å². The van der Waals surface area contributed by atoms with Crippen molar-refractivity contribution in [2.75, 3.05) is 20.6 Å². The molecule has 1 atom stereocenters. The molecule has 0 heterocycles. The molecule has 0 aromatic rings. The van der Waals surface area contributed by atoms with E-state index in [0.29, 0.717) is 6.42 Å². The van der Waals surface area contributed by atoms with Crippen LogP contribution in [0.5, 0.6) is 0 Å². The van der Waals surface area contributed by atoms with Crippen LogP contribution in [0.2, 0.25) is 0 Å². The lowest BCUT2D eigenvalue weighted by Gasteiger charge is -2.18. The minimum absolute atomic E-state index is 0.00562. The topological polar surface area (TPSA) is 29.5 Å². The van der Waals surface area contributed by atoms with Crippen LogP contribution in [0, 0.1) is 0 Å². The van der Waals surface area contributed by atoms with Crippen LogP contribution in [-0.4, -0.2) is 37.6 Å². The average molecular weight is 464 g/mol. The van der Waals surface area contributed by atoms with Gasteiger partial charge in [-0.2, -0.15) is 0 Å². The summed E-state index contributed by atoms with van der Waals surface area (Å²) in [5.41, 5.74) is 0. The summed E-state index contributed by atoms with van der Waals surface area (Å²) in [5.74, 6) is 0.00562. The van der Waals surface area contributed by atoms with Crippen LogP contribution in [0.25, 0.3) is 0 Å². The molecule has 0 aliphatic heterocycles. The highest BCUT2D eigenvalue weighted by Gasteiger charge is 2.14. The van der Waals surface area contributed by atoms with Gasteiger partial charge in [-0.05, 0) is 78.4 Å². The third kappa shape index (κ3) is 25.4. The lowest BCUT2D eigenvalue weighted by molar-refractivity contribution is -0.150. The second-order valence-electron chi connectivity index (χ2n) is 9.86. The SMILES string of the molecule is CC/C=C\C/C=C\CCCCCCCCC(CCCCCCCC)OC(=O)CCCN(C)C. The Bertz CT molecular complexity index is 470. The molecule has 0 saturated heterocycles. The zero-order valence-electron chi connectivity index (χ0n) is 22.8. The molecular formula is C30H57NO2. The number of ether oxygens (including phenoxy) is 1. The van der Waals surface area contributed by atoms with Gasteiger partial charge < -0.3 is 9.64 Å². The highest BCUT2D eigenvalue weighted by Crippen LogP contribution is 2.18. The first-order chi connectivity index (χ1) is 16.1. The van der Waals surface area contributed by atoms with Crippen molar-refractivity contribution in [1.29, 1.82) is 0 Å². The fourth-order valence-electron chi connectivity index (χ4n) is 4.10. The number of rotatable bonds is 24. The minimum Gasteiger partial charge on any atom is -0.462 e. The molecule has 0 aliphatic carbocycles. The summed E-state index contributed by atoms with van der Waals surface area (Å²) in [6.07, 6.45) is 31.7. The van der Waals surface area contributed by atoms with E-state index in [0.717, 1.165) is 38.6 Å². The number of esters is 1. The summed E-state index contributed by atoms with van der Waals surface area (Å²) in [5, 5.41) is 0. The number of allylic oxidation sites excluding steroid dienone is 4. The van der Waals surface area contributed by atoms with Crippen LogP contribution in [0.1, 0.15) is 136 Å². The smallest absolute Gasteiger partial charge is 0.306 e. The highest BCUT2D eigenvalue weighted by molar-refractivity contribution is 5.69. The van der Waals surface area contributed by atoms with Gasteiger partial charge in [-0.3, -0.25) is 4.79 Å². The first kappa shape index (κ1) is 31.9. The van der Waals surface area contributed by atoms with Gasteiger partial charge in [0.1, 0.15) is 6.10 Å². The first-order valence-corrected chi connectivity index (χ1v) is 14.2. The molecular weight excluding hydrogens is 406 g/mol. The normalized spacial score (nSPS) is 12.9. The summed E-state index contributed by atoms with van der Waals surface area (Å²) in [4.78, 5) is 14.4. The van der Waals surface area contributed by atoms with Gasteiger partial charge in [-0.1, -0.05) is 95.9 Å². The van der Waals surface area contributed by atoms with Crippen LogP contribution >= 0.6 is 0 Å². The van der Waals surface area contributed by atoms with Gasteiger partial charge in [-0.25, -0.2) is 0 Å². The first-order valence-electron chi connectivity index (χ1n) is 14.2. The van der Waals surface area contributed by atoms with Crippen molar-refractivity contribution in [2.24, 2.45) is 0 Å². The van der Waals surface area contributed by atoms with Crippen LogP contribution in [0.3, 0.4) is 0 Å². The second kappa shape index (κ2) is 25.5. The van der Waals surface area contributed by atoms with Crippen LogP contribution in [0.4, 0.5) is 0 Å². The molecule has 0 rings (SSSR count). The highest BCUT2D eigenvalue weighted by atomic mass is 16.5. The largest absolute Gasteiger partial charge is 0.462 e. The molecule has 1 unspecified atom stereocenters. The molecule has 0 N–H and O–H groups in total. The average Bonchev–Trinajstić information content (AvgIpc) is 2.78. The molecule has 33 heavy (non-hydrogen) atoms. The fourth-order valence-corrected chi connectivity index (χ4v) is 4.10. The second-order valence-corrected chi connectivity index (χ2v) is 9.86. The Morgan fingerprint density at radius 2 is 1.30 bits per heavy atom. The Balaban J connectivity index is 3.97. The van der Waals surface area contributed by atoms with E-state index in [1.807, 2.05) is 0 Å². The molecule has 0 bridgehead atoms. The summed E-state index contributed by atoms with van der Waals surface area (Å²) in [6.45, 7) is 5.38. The van der Waals surface area contributed by atoms with Crippen molar-refractivity contribution in [1.82, 2.24) is 4.90 Å². The lowest BCUT2D eigenvalue weighted by Crippen LogP contribution is -2.20. The molecule has 3 nitrogen and oxygen atoms in total. The van der Waals surface area contributed by atoms with Crippen LogP contribution in [-0.2, 0) is 9.53 Å². The zero-order valence-corrected chi connectivity index (χ0v) is 22.8.